The molecule has 0 bridgehead atoms. The topological polar surface area (TPSA) is 45.5 Å². The van der Waals surface area contributed by atoms with Crippen LogP contribution in [0.25, 0.3) is 0 Å². The minimum absolute atomic E-state index is 0.145. The number of rotatable bonds is 6. The van der Waals surface area contributed by atoms with Gasteiger partial charge in [0.2, 0.25) is 0 Å². The lowest BCUT2D eigenvalue weighted by Gasteiger charge is -2.28. The van der Waals surface area contributed by atoms with Crippen LogP contribution < -0.4 is 0 Å². The van der Waals surface area contributed by atoms with E-state index in [1.165, 1.54) is 0 Å². The van der Waals surface area contributed by atoms with Gasteiger partial charge in [0.05, 0.1) is 12.1 Å². The highest BCUT2D eigenvalue weighted by molar-refractivity contribution is 5.99. The third-order valence-electron chi connectivity index (χ3n) is 4.70. The summed E-state index contributed by atoms with van der Waals surface area (Å²) in [4.78, 5) is 14.5. The first-order valence-electron chi connectivity index (χ1n) is 7.97. The van der Waals surface area contributed by atoms with Crippen molar-refractivity contribution >= 4 is 5.78 Å². The number of ketones is 1. The SMILES string of the molecule is CCn1c(C)cc(C(=O)CN(C)CC2(O)CCCC2)c1C. The lowest BCUT2D eigenvalue weighted by Crippen LogP contribution is -2.41. The van der Waals surface area contributed by atoms with Crippen LogP contribution in [0.1, 0.15) is 54.4 Å². The van der Waals surface area contributed by atoms with E-state index >= 15 is 0 Å². The Morgan fingerprint density at radius 2 is 2.00 bits per heavy atom. The minimum Gasteiger partial charge on any atom is -0.389 e. The highest BCUT2D eigenvalue weighted by Crippen LogP contribution is 2.30. The van der Waals surface area contributed by atoms with Crippen LogP contribution in [0.2, 0.25) is 0 Å². The van der Waals surface area contributed by atoms with Gasteiger partial charge in [0.25, 0.3) is 0 Å². The van der Waals surface area contributed by atoms with Crippen molar-refractivity contribution in [1.82, 2.24) is 9.47 Å². The van der Waals surface area contributed by atoms with E-state index < -0.39 is 5.60 Å². The van der Waals surface area contributed by atoms with Gasteiger partial charge in [-0.2, -0.15) is 0 Å². The lowest BCUT2D eigenvalue weighted by molar-refractivity contribution is 0.0172. The maximum atomic E-state index is 12.5. The maximum absolute atomic E-state index is 12.5. The van der Waals surface area contributed by atoms with Gasteiger partial charge in [-0.1, -0.05) is 12.8 Å². The van der Waals surface area contributed by atoms with E-state index in [0.717, 1.165) is 49.2 Å². The molecular formula is C17H28N2O2. The molecule has 1 aromatic rings. The summed E-state index contributed by atoms with van der Waals surface area (Å²) in [6.07, 6.45) is 3.90. The predicted octanol–water partition coefficient (Wildman–Crippen LogP) is 2.54. The molecule has 0 radical (unpaired) electrons. The predicted molar refractivity (Wildman–Crippen MR) is 84.8 cm³/mol. The van der Waals surface area contributed by atoms with Crippen LogP contribution in [0.15, 0.2) is 6.07 Å². The Kier molecular flexibility index (Phi) is 4.89. The fourth-order valence-electron chi connectivity index (χ4n) is 3.65. The van der Waals surface area contributed by atoms with Crippen LogP contribution in [-0.4, -0.2) is 46.1 Å². The first-order chi connectivity index (χ1) is 9.86. The number of hydrogen-bond donors (Lipinski definition) is 1. The monoisotopic (exact) mass is 292 g/mol. The Morgan fingerprint density at radius 3 is 2.52 bits per heavy atom. The summed E-state index contributed by atoms with van der Waals surface area (Å²) < 4.78 is 2.16. The van der Waals surface area contributed by atoms with Crippen LogP contribution in [0, 0.1) is 13.8 Å². The number of nitrogens with zero attached hydrogens (tertiary/aromatic N) is 2. The van der Waals surface area contributed by atoms with Gasteiger partial charge in [0.15, 0.2) is 5.78 Å². The molecule has 0 aliphatic heterocycles. The molecule has 1 heterocycles. The van der Waals surface area contributed by atoms with E-state index in [1.54, 1.807) is 0 Å². The average Bonchev–Trinajstić information content (AvgIpc) is 2.93. The fraction of sp³-hybridized carbons (Fsp3) is 0.706. The summed E-state index contributed by atoms with van der Waals surface area (Å²) in [5.74, 6) is 0.145. The number of aromatic nitrogens is 1. The van der Waals surface area contributed by atoms with Crippen molar-refractivity contribution < 1.29 is 9.90 Å². The van der Waals surface area contributed by atoms with Crippen LogP contribution in [0.4, 0.5) is 0 Å². The van der Waals surface area contributed by atoms with Crippen molar-refractivity contribution in [3.8, 4) is 0 Å². The average molecular weight is 292 g/mol. The second kappa shape index (κ2) is 6.32. The summed E-state index contributed by atoms with van der Waals surface area (Å²) in [6.45, 7) is 7.99. The molecule has 1 aliphatic carbocycles. The van der Waals surface area contributed by atoms with E-state index in [9.17, 15) is 9.90 Å². The number of aliphatic hydroxyl groups is 1. The molecule has 1 fully saturated rings. The van der Waals surface area contributed by atoms with Crippen molar-refractivity contribution in [2.24, 2.45) is 0 Å². The lowest BCUT2D eigenvalue weighted by atomic mass is 10.0. The molecule has 0 saturated heterocycles. The molecule has 0 amide bonds. The van der Waals surface area contributed by atoms with Crippen molar-refractivity contribution in [3.63, 3.8) is 0 Å². The summed E-state index contributed by atoms with van der Waals surface area (Å²) in [5, 5.41) is 10.4. The molecule has 0 unspecified atom stereocenters. The smallest absolute Gasteiger partial charge is 0.178 e. The Balaban J connectivity index is 2.01. The third-order valence-corrected chi connectivity index (χ3v) is 4.70. The molecule has 1 aliphatic rings. The second-order valence-electron chi connectivity index (χ2n) is 6.56. The van der Waals surface area contributed by atoms with Crippen molar-refractivity contribution in [2.45, 2.75) is 58.6 Å². The van der Waals surface area contributed by atoms with E-state index in [4.69, 9.17) is 0 Å². The molecule has 0 aromatic carbocycles. The van der Waals surface area contributed by atoms with Gasteiger partial charge >= 0.3 is 0 Å². The van der Waals surface area contributed by atoms with Gasteiger partial charge in [-0.15, -0.1) is 0 Å². The van der Waals surface area contributed by atoms with Crippen molar-refractivity contribution in [2.75, 3.05) is 20.1 Å². The largest absolute Gasteiger partial charge is 0.389 e. The zero-order valence-corrected chi connectivity index (χ0v) is 13.8. The molecule has 2 rings (SSSR count). The Bertz CT molecular complexity index is 513. The number of hydrogen-bond acceptors (Lipinski definition) is 3. The van der Waals surface area contributed by atoms with Crippen LogP contribution in [-0.2, 0) is 6.54 Å². The van der Waals surface area contributed by atoms with Crippen LogP contribution in [0.3, 0.4) is 0 Å². The van der Waals surface area contributed by atoms with Crippen molar-refractivity contribution in [1.29, 1.82) is 0 Å². The van der Waals surface area contributed by atoms with E-state index in [1.807, 2.05) is 31.9 Å². The number of likely N-dealkylation sites (N-methyl/N-ethyl adjacent to an activating group) is 1. The van der Waals surface area contributed by atoms with Crippen LogP contribution in [0.5, 0.6) is 0 Å². The summed E-state index contributed by atoms with van der Waals surface area (Å²) in [6, 6.07) is 1.99. The molecule has 0 spiro atoms. The summed E-state index contributed by atoms with van der Waals surface area (Å²) in [7, 11) is 1.92. The van der Waals surface area contributed by atoms with Gasteiger partial charge in [-0.05, 0) is 46.7 Å². The highest BCUT2D eigenvalue weighted by Gasteiger charge is 2.32. The maximum Gasteiger partial charge on any atom is 0.178 e. The number of carbonyl (C=O) groups is 1. The van der Waals surface area contributed by atoms with Crippen molar-refractivity contribution in [3.05, 3.63) is 23.0 Å². The van der Waals surface area contributed by atoms with E-state index in [-0.39, 0.29) is 5.78 Å². The Hall–Kier alpha value is -1.13. The molecule has 118 valence electrons. The number of carbonyl (C=O) groups excluding carboxylic acids is 1. The minimum atomic E-state index is -0.588. The fourth-order valence-corrected chi connectivity index (χ4v) is 3.65. The molecule has 0 atom stereocenters. The van der Waals surface area contributed by atoms with E-state index in [2.05, 4.69) is 11.5 Å². The first kappa shape index (κ1) is 16.2. The molecule has 1 aromatic heterocycles. The highest BCUT2D eigenvalue weighted by atomic mass is 16.3. The third kappa shape index (κ3) is 3.55. The first-order valence-corrected chi connectivity index (χ1v) is 7.97. The second-order valence-corrected chi connectivity index (χ2v) is 6.56. The Labute approximate surface area is 127 Å². The standard InChI is InChI=1S/C17H28N2O2/c1-5-19-13(2)10-15(14(19)3)16(20)11-18(4)12-17(21)8-6-7-9-17/h10,21H,5-9,11-12H2,1-4H3. The summed E-state index contributed by atoms with van der Waals surface area (Å²) >= 11 is 0. The zero-order valence-electron chi connectivity index (χ0n) is 13.8. The quantitative estimate of drug-likeness (QED) is 0.820. The van der Waals surface area contributed by atoms with Gasteiger partial charge in [-0.3, -0.25) is 9.69 Å². The molecule has 4 heteroatoms. The normalized spacial score (nSPS) is 17.6. The molecule has 1 N–H and O–H groups in total. The van der Waals surface area contributed by atoms with Gasteiger partial charge in [0, 0.05) is 30.0 Å². The van der Waals surface area contributed by atoms with Gasteiger partial charge in [-0.25, -0.2) is 0 Å². The molecule has 21 heavy (non-hydrogen) atoms. The summed E-state index contributed by atoms with van der Waals surface area (Å²) in [5.41, 5.74) is 2.41. The van der Waals surface area contributed by atoms with E-state index in [0.29, 0.717) is 13.1 Å². The van der Waals surface area contributed by atoms with Gasteiger partial charge in [0.1, 0.15) is 0 Å². The van der Waals surface area contributed by atoms with Gasteiger partial charge < -0.3 is 9.67 Å². The number of Topliss-reactive ketones (excluding diaryl/α,β-unsaturated/α-hetero) is 1. The molecule has 4 nitrogen and oxygen atoms in total. The zero-order chi connectivity index (χ0) is 15.6. The molecule has 1 saturated carbocycles. The Morgan fingerprint density at radius 1 is 1.38 bits per heavy atom. The number of aryl methyl sites for hydroxylation is 1. The van der Waals surface area contributed by atoms with Crippen LogP contribution >= 0.6 is 0 Å². The molecular weight excluding hydrogens is 264 g/mol.